The van der Waals surface area contributed by atoms with Gasteiger partial charge in [-0.2, -0.15) is 3.97 Å². The summed E-state index contributed by atoms with van der Waals surface area (Å²) in [6, 6.07) is 10.6. The third-order valence-corrected chi connectivity index (χ3v) is 4.99. The zero-order chi connectivity index (χ0) is 15.2. The van der Waals surface area contributed by atoms with Crippen LogP contribution in [0.2, 0.25) is 5.02 Å². The summed E-state index contributed by atoms with van der Waals surface area (Å²) >= 11 is 5.81. The van der Waals surface area contributed by atoms with Crippen LogP contribution in [0.5, 0.6) is 0 Å². The Morgan fingerprint density at radius 2 is 1.76 bits per heavy atom. The first-order valence-corrected chi connectivity index (χ1v) is 7.85. The number of hydrogen-bond donors (Lipinski definition) is 0. The Labute approximate surface area is 125 Å². The van der Waals surface area contributed by atoms with Crippen molar-refractivity contribution >= 4 is 32.7 Å². The first-order valence-electron chi connectivity index (χ1n) is 6.03. The van der Waals surface area contributed by atoms with Gasteiger partial charge in [0.2, 0.25) is 0 Å². The summed E-state index contributed by atoms with van der Waals surface area (Å²) in [6.07, 6.45) is 0. The third-order valence-electron chi connectivity index (χ3n) is 3.06. The first kappa shape index (κ1) is 13.9. The van der Waals surface area contributed by atoms with Gasteiger partial charge in [-0.05, 0) is 31.2 Å². The number of rotatable bonds is 2. The quantitative estimate of drug-likeness (QED) is 0.727. The molecule has 21 heavy (non-hydrogen) atoms. The number of fused-ring (bicyclic) bond motifs is 1. The maximum atomic E-state index is 12.6. The number of hydrogen-bond acceptors (Lipinski definition) is 4. The number of aryl methyl sites for hydroxylation is 1. The Kier molecular flexibility index (Phi) is 3.15. The van der Waals surface area contributed by atoms with E-state index in [1.165, 1.54) is 30.3 Å². The molecule has 0 saturated heterocycles. The molecule has 7 heteroatoms. The fraction of sp³-hybridized carbons (Fsp3) is 0.0714. The van der Waals surface area contributed by atoms with E-state index in [0.29, 0.717) is 9.00 Å². The number of nitrogens with zero attached hydrogens (tertiary/aromatic N) is 1. The molecule has 1 heterocycles. The van der Waals surface area contributed by atoms with Crippen LogP contribution in [0.25, 0.3) is 11.1 Å². The van der Waals surface area contributed by atoms with Gasteiger partial charge >= 0.3 is 5.76 Å². The zero-order valence-electron chi connectivity index (χ0n) is 10.9. The summed E-state index contributed by atoms with van der Waals surface area (Å²) < 4.78 is 30.8. The number of halogens is 1. The second-order valence-electron chi connectivity index (χ2n) is 4.56. The average Bonchev–Trinajstić information content (AvgIpc) is 2.74. The molecule has 2 aromatic carbocycles. The highest BCUT2D eigenvalue weighted by molar-refractivity contribution is 7.90. The Morgan fingerprint density at radius 1 is 1.10 bits per heavy atom. The molecule has 0 aliphatic rings. The van der Waals surface area contributed by atoms with Crippen molar-refractivity contribution in [3.8, 4) is 0 Å². The van der Waals surface area contributed by atoms with Crippen molar-refractivity contribution in [3.63, 3.8) is 0 Å². The monoisotopic (exact) mass is 323 g/mol. The van der Waals surface area contributed by atoms with Crippen LogP contribution in [0.1, 0.15) is 5.56 Å². The number of aromatic nitrogens is 1. The number of oxazole rings is 1. The fourth-order valence-electron chi connectivity index (χ4n) is 2.01. The standard InChI is InChI=1S/C14H10ClNO4S/c1-9-2-5-11(6-3-9)21(18,19)16-12-7-4-10(15)8-13(12)20-14(16)17/h2-8H,1H3. The summed E-state index contributed by atoms with van der Waals surface area (Å²) in [5, 5.41) is 0.358. The highest BCUT2D eigenvalue weighted by Crippen LogP contribution is 2.22. The fourth-order valence-corrected chi connectivity index (χ4v) is 3.51. The van der Waals surface area contributed by atoms with Gasteiger partial charge in [-0.25, -0.2) is 13.2 Å². The Bertz CT molecular complexity index is 984. The third kappa shape index (κ3) is 2.26. The summed E-state index contributed by atoms with van der Waals surface area (Å²) in [7, 11) is -4.02. The minimum absolute atomic E-state index is 0.0212. The molecule has 0 radical (unpaired) electrons. The molecule has 0 saturated carbocycles. The van der Waals surface area contributed by atoms with Crippen molar-refractivity contribution in [2.75, 3.05) is 0 Å². The van der Waals surface area contributed by atoms with E-state index in [9.17, 15) is 13.2 Å². The molecule has 0 atom stereocenters. The van der Waals surface area contributed by atoms with E-state index in [-0.39, 0.29) is 16.0 Å². The minimum Gasteiger partial charge on any atom is -0.407 e. The van der Waals surface area contributed by atoms with Crippen molar-refractivity contribution in [1.82, 2.24) is 3.97 Å². The van der Waals surface area contributed by atoms with E-state index in [4.69, 9.17) is 16.0 Å². The van der Waals surface area contributed by atoms with Gasteiger partial charge in [-0.15, -0.1) is 0 Å². The van der Waals surface area contributed by atoms with E-state index < -0.39 is 15.8 Å². The lowest BCUT2D eigenvalue weighted by Crippen LogP contribution is -2.23. The van der Waals surface area contributed by atoms with Gasteiger partial charge in [0, 0.05) is 11.1 Å². The molecule has 0 aliphatic heterocycles. The van der Waals surface area contributed by atoms with E-state index in [1.54, 1.807) is 12.1 Å². The molecule has 3 rings (SSSR count). The summed E-state index contributed by atoms with van der Waals surface area (Å²) in [6.45, 7) is 1.85. The second kappa shape index (κ2) is 4.75. The molecule has 0 fully saturated rings. The Hall–Kier alpha value is -2.05. The van der Waals surface area contributed by atoms with E-state index in [0.717, 1.165) is 5.56 Å². The molecule has 5 nitrogen and oxygen atoms in total. The van der Waals surface area contributed by atoms with Gasteiger partial charge in [0.05, 0.1) is 4.90 Å². The van der Waals surface area contributed by atoms with Crippen LogP contribution >= 0.6 is 11.6 Å². The minimum atomic E-state index is -4.02. The SMILES string of the molecule is Cc1ccc(S(=O)(=O)n2c(=O)oc3cc(Cl)ccc32)cc1. The summed E-state index contributed by atoms with van der Waals surface area (Å²) in [5.74, 6) is -0.965. The van der Waals surface area contributed by atoms with E-state index >= 15 is 0 Å². The molecular weight excluding hydrogens is 314 g/mol. The lowest BCUT2D eigenvalue weighted by molar-refractivity contribution is 0.534. The van der Waals surface area contributed by atoms with Gasteiger partial charge in [0.15, 0.2) is 5.58 Å². The van der Waals surface area contributed by atoms with Crippen LogP contribution in [0.4, 0.5) is 0 Å². The summed E-state index contributed by atoms with van der Waals surface area (Å²) in [4.78, 5) is 11.9. The van der Waals surface area contributed by atoms with Gasteiger partial charge in [0.25, 0.3) is 10.0 Å². The van der Waals surface area contributed by atoms with Crippen LogP contribution in [-0.2, 0) is 10.0 Å². The topological polar surface area (TPSA) is 69.3 Å². The highest BCUT2D eigenvalue weighted by Gasteiger charge is 2.24. The van der Waals surface area contributed by atoms with Gasteiger partial charge in [-0.3, -0.25) is 0 Å². The maximum Gasteiger partial charge on any atom is 0.434 e. The first-order chi connectivity index (χ1) is 9.89. The Balaban J connectivity index is 2.31. The molecule has 0 spiro atoms. The van der Waals surface area contributed by atoms with Crippen molar-refractivity contribution in [3.05, 3.63) is 63.6 Å². The second-order valence-corrected chi connectivity index (χ2v) is 6.79. The smallest absolute Gasteiger partial charge is 0.407 e. The van der Waals surface area contributed by atoms with Crippen LogP contribution < -0.4 is 5.76 Å². The van der Waals surface area contributed by atoms with Gasteiger partial charge < -0.3 is 4.42 Å². The normalized spacial score (nSPS) is 11.9. The molecule has 1 aromatic heterocycles. The van der Waals surface area contributed by atoms with Crippen molar-refractivity contribution in [2.45, 2.75) is 11.8 Å². The van der Waals surface area contributed by atoms with Crippen LogP contribution in [0.15, 0.2) is 56.6 Å². The Morgan fingerprint density at radius 3 is 2.43 bits per heavy atom. The predicted molar refractivity (Wildman–Crippen MR) is 79.2 cm³/mol. The van der Waals surface area contributed by atoms with Crippen LogP contribution in [-0.4, -0.2) is 12.4 Å². The highest BCUT2D eigenvalue weighted by atomic mass is 35.5. The van der Waals surface area contributed by atoms with Crippen molar-refractivity contribution in [1.29, 1.82) is 0 Å². The molecule has 3 aromatic rings. The molecule has 0 aliphatic carbocycles. The molecule has 0 N–H and O–H groups in total. The van der Waals surface area contributed by atoms with E-state index in [1.807, 2.05) is 6.92 Å². The largest absolute Gasteiger partial charge is 0.434 e. The predicted octanol–water partition coefficient (Wildman–Crippen LogP) is 2.79. The van der Waals surface area contributed by atoms with Crippen LogP contribution in [0.3, 0.4) is 0 Å². The van der Waals surface area contributed by atoms with Gasteiger partial charge in [0.1, 0.15) is 5.52 Å². The van der Waals surface area contributed by atoms with Crippen molar-refractivity contribution in [2.24, 2.45) is 0 Å². The lowest BCUT2D eigenvalue weighted by Gasteiger charge is -2.05. The van der Waals surface area contributed by atoms with Crippen LogP contribution in [0, 0.1) is 6.92 Å². The molecule has 0 bridgehead atoms. The van der Waals surface area contributed by atoms with Crippen molar-refractivity contribution < 1.29 is 12.8 Å². The maximum absolute atomic E-state index is 12.6. The number of benzene rings is 2. The average molecular weight is 324 g/mol. The molecule has 0 amide bonds. The molecule has 108 valence electrons. The van der Waals surface area contributed by atoms with Gasteiger partial charge in [-0.1, -0.05) is 29.3 Å². The zero-order valence-corrected chi connectivity index (χ0v) is 12.5. The lowest BCUT2D eigenvalue weighted by atomic mass is 10.2. The summed E-state index contributed by atoms with van der Waals surface area (Å²) in [5.41, 5.74) is 1.21. The van der Waals surface area contributed by atoms with E-state index in [2.05, 4.69) is 0 Å². The molecule has 0 unspecified atom stereocenters. The molecular formula is C14H10ClNO4S.